The Morgan fingerprint density at radius 1 is 0.895 bits per heavy atom. The van der Waals surface area contributed by atoms with E-state index in [2.05, 4.69) is 26.1 Å². The summed E-state index contributed by atoms with van der Waals surface area (Å²) in [4.78, 5) is 0. The molecule has 0 bridgehead atoms. The van der Waals surface area contributed by atoms with Gasteiger partial charge in [0.05, 0.1) is 0 Å². The third-order valence-electron chi connectivity index (χ3n) is 6.43. The van der Waals surface area contributed by atoms with E-state index in [1.165, 1.54) is 57.8 Å². The quantitative estimate of drug-likeness (QED) is 0.728. The average Bonchev–Trinajstić information content (AvgIpc) is 3.30. The third-order valence-corrected chi connectivity index (χ3v) is 6.43. The molecule has 0 unspecified atom stereocenters. The van der Waals surface area contributed by atoms with Gasteiger partial charge in [-0.1, -0.05) is 27.2 Å². The summed E-state index contributed by atoms with van der Waals surface area (Å²) in [6, 6.07) is 1.75. The molecule has 3 aliphatic rings. The van der Waals surface area contributed by atoms with Gasteiger partial charge in [0.1, 0.15) is 0 Å². The molecule has 0 amide bonds. The zero-order valence-electron chi connectivity index (χ0n) is 13.3. The van der Waals surface area contributed by atoms with Crippen molar-refractivity contribution < 1.29 is 0 Å². The van der Waals surface area contributed by atoms with Crippen LogP contribution in [0.5, 0.6) is 0 Å². The molecule has 0 aromatic rings. The highest BCUT2D eigenvalue weighted by Gasteiger charge is 2.42. The molecule has 0 aromatic carbocycles. The Hall–Kier alpha value is -0.0400. The van der Waals surface area contributed by atoms with Crippen LogP contribution >= 0.6 is 0 Å². The van der Waals surface area contributed by atoms with Crippen LogP contribution in [0, 0.1) is 23.2 Å². The minimum absolute atomic E-state index is 0.567. The Labute approximate surface area is 119 Å². The Kier molecular flexibility index (Phi) is 3.95. The Bertz CT molecular complexity index is 281. The molecule has 0 aromatic heterocycles. The Balaban J connectivity index is 1.47. The Morgan fingerprint density at radius 3 is 1.84 bits per heavy atom. The minimum Gasteiger partial charge on any atom is -0.311 e. The van der Waals surface area contributed by atoms with Crippen molar-refractivity contribution in [3.63, 3.8) is 0 Å². The van der Waals surface area contributed by atoms with E-state index in [-0.39, 0.29) is 0 Å². The maximum absolute atomic E-state index is 4.07. The molecule has 1 heteroatoms. The largest absolute Gasteiger partial charge is 0.311 e. The first-order valence-electron chi connectivity index (χ1n) is 8.86. The predicted octanol–water partition coefficient (Wildman–Crippen LogP) is 4.76. The molecule has 3 saturated carbocycles. The van der Waals surface area contributed by atoms with Gasteiger partial charge in [-0.05, 0) is 74.5 Å². The highest BCUT2D eigenvalue weighted by atomic mass is 15.0. The first-order valence-corrected chi connectivity index (χ1v) is 8.86. The van der Waals surface area contributed by atoms with Crippen LogP contribution in [0.1, 0.15) is 78.6 Å². The molecule has 1 nitrogen and oxygen atoms in total. The third kappa shape index (κ3) is 3.35. The van der Waals surface area contributed by atoms with E-state index in [9.17, 15) is 0 Å². The highest BCUT2D eigenvalue weighted by Crippen LogP contribution is 2.46. The van der Waals surface area contributed by atoms with Crippen molar-refractivity contribution >= 4 is 0 Å². The molecule has 110 valence electrons. The number of nitrogens with one attached hydrogen (secondary N) is 1. The van der Waals surface area contributed by atoms with E-state index in [1.54, 1.807) is 0 Å². The molecule has 0 radical (unpaired) electrons. The standard InChI is InChI=1S/C18H33N/c1-4-18(2,3)15-9-11-16(12-10-15)19-17(13-5-6-13)14-7-8-14/h13-17,19H,4-12H2,1-3H3. The lowest BCUT2D eigenvalue weighted by molar-refractivity contribution is 0.131. The van der Waals surface area contributed by atoms with Crippen molar-refractivity contribution in [2.45, 2.75) is 90.6 Å². The SMILES string of the molecule is CCC(C)(C)C1CCC(NC(C2CC2)C2CC2)CC1. The van der Waals surface area contributed by atoms with Gasteiger partial charge < -0.3 is 5.32 Å². The molecule has 1 N–H and O–H groups in total. The molecule has 0 spiro atoms. The fourth-order valence-electron chi connectivity index (χ4n) is 4.17. The summed E-state index contributed by atoms with van der Waals surface area (Å²) in [5.41, 5.74) is 0.567. The van der Waals surface area contributed by atoms with Crippen molar-refractivity contribution in [3.05, 3.63) is 0 Å². The van der Waals surface area contributed by atoms with E-state index in [1.807, 2.05) is 0 Å². The van der Waals surface area contributed by atoms with Crippen LogP contribution in [-0.4, -0.2) is 12.1 Å². The number of rotatable bonds is 6. The highest BCUT2D eigenvalue weighted by molar-refractivity contribution is 4.98. The van der Waals surface area contributed by atoms with Gasteiger partial charge in [0.2, 0.25) is 0 Å². The van der Waals surface area contributed by atoms with Crippen LogP contribution in [0.2, 0.25) is 0 Å². The van der Waals surface area contributed by atoms with Crippen LogP contribution < -0.4 is 5.32 Å². The summed E-state index contributed by atoms with van der Waals surface area (Å²) >= 11 is 0. The average molecular weight is 263 g/mol. The molecular weight excluding hydrogens is 230 g/mol. The summed E-state index contributed by atoms with van der Waals surface area (Å²) in [7, 11) is 0. The zero-order chi connectivity index (χ0) is 13.5. The van der Waals surface area contributed by atoms with E-state index in [0.29, 0.717) is 5.41 Å². The lowest BCUT2D eigenvalue weighted by atomic mass is 9.69. The molecule has 0 saturated heterocycles. The molecular formula is C18H33N. The second-order valence-electron chi connectivity index (χ2n) is 8.26. The zero-order valence-corrected chi connectivity index (χ0v) is 13.3. The first-order chi connectivity index (χ1) is 9.10. The Morgan fingerprint density at radius 2 is 1.42 bits per heavy atom. The predicted molar refractivity (Wildman–Crippen MR) is 82.2 cm³/mol. The second-order valence-corrected chi connectivity index (χ2v) is 8.26. The van der Waals surface area contributed by atoms with Gasteiger partial charge in [0, 0.05) is 12.1 Å². The lowest BCUT2D eigenvalue weighted by Crippen LogP contribution is -2.44. The number of hydrogen-bond acceptors (Lipinski definition) is 1. The first kappa shape index (κ1) is 13.9. The summed E-state index contributed by atoms with van der Waals surface area (Å²) in [5, 5.41) is 4.07. The van der Waals surface area contributed by atoms with Crippen LogP contribution in [0.25, 0.3) is 0 Å². The van der Waals surface area contributed by atoms with Gasteiger partial charge in [-0.3, -0.25) is 0 Å². The molecule has 3 rings (SSSR count). The van der Waals surface area contributed by atoms with Crippen LogP contribution in [0.3, 0.4) is 0 Å². The van der Waals surface area contributed by atoms with Gasteiger partial charge >= 0.3 is 0 Å². The van der Waals surface area contributed by atoms with Crippen molar-refractivity contribution in [2.75, 3.05) is 0 Å². The molecule has 0 atom stereocenters. The topological polar surface area (TPSA) is 12.0 Å². The van der Waals surface area contributed by atoms with Gasteiger partial charge in [-0.25, -0.2) is 0 Å². The summed E-state index contributed by atoms with van der Waals surface area (Å²) < 4.78 is 0. The molecule has 19 heavy (non-hydrogen) atoms. The fourth-order valence-corrected chi connectivity index (χ4v) is 4.17. The molecule has 0 aliphatic heterocycles. The van der Waals surface area contributed by atoms with E-state index >= 15 is 0 Å². The lowest BCUT2D eigenvalue weighted by Gasteiger charge is -2.40. The minimum atomic E-state index is 0.567. The second kappa shape index (κ2) is 5.39. The normalized spacial score (nSPS) is 32.8. The van der Waals surface area contributed by atoms with E-state index < -0.39 is 0 Å². The van der Waals surface area contributed by atoms with Crippen LogP contribution in [0.4, 0.5) is 0 Å². The summed E-state index contributed by atoms with van der Waals surface area (Å²) in [6.45, 7) is 7.31. The van der Waals surface area contributed by atoms with E-state index in [4.69, 9.17) is 0 Å². The number of hydrogen-bond donors (Lipinski definition) is 1. The van der Waals surface area contributed by atoms with Crippen molar-refractivity contribution in [1.82, 2.24) is 5.32 Å². The smallest absolute Gasteiger partial charge is 0.0126 e. The molecule has 0 heterocycles. The van der Waals surface area contributed by atoms with Gasteiger partial charge in [-0.2, -0.15) is 0 Å². The van der Waals surface area contributed by atoms with Crippen molar-refractivity contribution in [1.29, 1.82) is 0 Å². The monoisotopic (exact) mass is 263 g/mol. The van der Waals surface area contributed by atoms with Gasteiger partial charge in [0.15, 0.2) is 0 Å². The maximum Gasteiger partial charge on any atom is 0.0126 e. The van der Waals surface area contributed by atoms with E-state index in [0.717, 1.165) is 29.8 Å². The fraction of sp³-hybridized carbons (Fsp3) is 1.00. The maximum atomic E-state index is 4.07. The van der Waals surface area contributed by atoms with Crippen molar-refractivity contribution in [2.24, 2.45) is 23.2 Å². The summed E-state index contributed by atoms with van der Waals surface area (Å²) in [5.74, 6) is 3.07. The summed E-state index contributed by atoms with van der Waals surface area (Å²) in [6.07, 6.45) is 13.1. The molecule has 3 aliphatic carbocycles. The van der Waals surface area contributed by atoms with Crippen molar-refractivity contribution in [3.8, 4) is 0 Å². The van der Waals surface area contributed by atoms with Crippen LogP contribution in [0.15, 0.2) is 0 Å². The van der Waals surface area contributed by atoms with Gasteiger partial charge in [-0.15, -0.1) is 0 Å². The van der Waals surface area contributed by atoms with Crippen LogP contribution in [-0.2, 0) is 0 Å². The van der Waals surface area contributed by atoms with Gasteiger partial charge in [0.25, 0.3) is 0 Å². The molecule has 3 fully saturated rings.